The van der Waals surface area contributed by atoms with Gasteiger partial charge in [0, 0.05) is 45.0 Å². The molecule has 1 saturated heterocycles. The molecular formula is C21H30IN5. The average molecular weight is 479 g/mol. The van der Waals surface area contributed by atoms with Gasteiger partial charge in [-0.15, -0.1) is 24.0 Å². The number of hydrogen-bond acceptors (Lipinski definition) is 3. The van der Waals surface area contributed by atoms with E-state index in [1.54, 1.807) is 7.05 Å². The molecule has 2 N–H and O–H groups in total. The van der Waals surface area contributed by atoms with Gasteiger partial charge in [-0.1, -0.05) is 30.3 Å². The first-order chi connectivity index (χ1) is 12.8. The van der Waals surface area contributed by atoms with Crippen LogP contribution in [0.1, 0.15) is 29.7 Å². The number of halogens is 1. The standard InChI is InChI=1S/C21H29N5.HI/c1-22-21(24-13-11-20-6-2-3-12-23-20)25-16-18-7-9-19(10-8-18)17-26-14-4-5-15-26;/h2-3,6-10,12H,4-5,11,13-17H2,1H3,(H2,22,24,25);1H. The van der Waals surface area contributed by atoms with Crippen LogP contribution in [0, 0.1) is 0 Å². The van der Waals surface area contributed by atoms with Gasteiger partial charge in [0.1, 0.15) is 0 Å². The van der Waals surface area contributed by atoms with Gasteiger partial charge in [0.2, 0.25) is 0 Å². The lowest BCUT2D eigenvalue weighted by atomic mass is 10.1. The molecule has 1 aliphatic rings. The first-order valence-electron chi connectivity index (χ1n) is 9.48. The van der Waals surface area contributed by atoms with Crippen molar-refractivity contribution in [2.75, 3.05) is 26.7 Å². The van der Waals surface area contributed by atoms with Crippen LogP contribution in [0.5, 0.6) is 0 Å². The predicted octanol–water partition coefficient (Wildman–Crippen LogP) is 3.20. The topological polar surface area (TPSA) is 52.6 Å². The molecule has 0 radical (unpaired) electrons. The summed E-state index contributed by atoms with van der Waals surface area (Å²) in [5, 5.41) is 6.71. The molecule has 6 heteroatoms. The summed E-state index contributed by atoms with van der Waals surface area (Å²) >= 11 is 0. The largest absolute Gasteiger partial charge is 0.356 e. The first-order valence-corrected chi connectivity index (χ1v) is 9.48. The summed E-state index contributed by atoms with van der Waals surface area (Å²) in [5.41, 5.74) is 3.75. The minimum absolute atomic E-state index is 0. The van der Waals surface area contributed by atoms with Crippen molar-refractivity contribution in [3.05, 3.63) is 65.5 Å². The molecule has 0 atom stereocenters. The van der Waals surface area contributed by atoms with Crippen molar-refractivity contribution in [3.8, 4) is 0 Å². The molecule has 0 saturated carbocycles. The Balaban J connectivity index is 0.00000261. The summed E-state index contributed by atoms with van der Waals surface area (Å²) in [5.74, 6) is 0.821. The fourth-order valence-electron chi connectivity index (χ4n) is 3.22. The number of rotatable bonds is 7. The number of nitrogens with zero attached hydrogens (tertiary/aromatic N) is 3. The fraction of sp³-hybridized carbons (Fsp3) is 0.429. The molecule has 27 heavy (non-hydrogen) atoms. The third kappa shape index (κ3) is 7.46. The Kier molecular flexibility index (Phi) is 9.55. The SMILES string of the molecule is CN=C(NCCc1ccccn1)NCc1ccc(CN2CCCC2)cc1.I. The Morgan fingerprint density at radius 3 is 2.44 bits per heavy atom. The van der Waals surface area contributed by atoms with Crippen molar-refractivity contribution in [1.82, 2.24) is 20.5 Å². The number of aromatic nitrogens is 1. The predicted molar refractivity (Wildman–Crippen MR) is 123 cm³/mol. The molecule has 2 aromatic rings. The number of hydrogen-bond donors (Lipinski definition) is 2. The third-order valence-corrected chi connectivity index (χ3v) is 4.71. The molecule has 0 spiro atoms. The van der Waals surface area contributed by atoms with Crippen LogP contribution in [0.15, 0.2) is 53.7 Å². The number of guanidine groups is 1. The minimum Gasteiger partial charge on any atom is -0.356 e. The van der Waals surface area contributed by atoms with Gasteiger partial charge in [-0.3, -0.25) is 14.9 Å². The van der Waals surface area contributed by atoms with E-state index in [1.807, 2.05) is 24.4 Å². The van der Waals surface area contributed by atoms with Crippen LogP contribution >= 0.6 is 24.0 Å². The Hall–Kier alpha value is -1.67. The highest BCUT2D eigenvalue weighted by Crippen LogP contribution is 2.13. The van der Waals surface area contributed by atoms with Gasteiger partial charge in [-0.05, 0) is 49.2 Å². The highest BCUT2D eigenvalue weighted by atomic mass is 127. The van der Waals surface area contributed by atoms with Gasteiger partial charge in [0.05, 0.1) is 0 Å². The quantitative estimate of drug-likeness (QED) is 0.364. The van der Waals surface area contributed by atoms with Crippen LogP contribution < -0.4 is 10.6 Å². The zero-order valence-electron chi connectivity index (χ0n) is 16.0. The van der Waals surface area contributed by atoms with Crippen LogP contribution in [-0.4, -0.2) is 42.5 Å². The molecule has 0 unspecified atom stereocenters. The summed E-state index contributed by atoms with van der Waals surface area (Å²) in [6.45, 7) is 5.14. The second kappa shape index (κ2) is 11.9. The fourth-order valence-corrected chi connectivity index (χ4v) is 3.22. The normalized spacial score (nSPS) is 14.6. The second-order valence-electron chi connectivity index (χ2n) is 6.72. The van der Waals surface area contributed by atoms with E-state index in [9.17, 15) is 0 Å². The van der Waals surface area contributed by atoms with Crippen LogP contribution in [0.3, 0.4) is 0 Å². The summed E-state index contributed by atoms with van der Waals surface area (Å²) in [4.78, 5) is 11.2. The molecule has 1 aromatic heterocycles. The monoisotopic (exact) mass is 479 g/mol. The zero-order chi connectivity index (χ0) is 18.0. The van der Waals surface area contributed by atoms with Gasteiger partial charge < -0.3 is 10.6 Å². The molecule has 0 amide bonds. The lowest BCUT2D eigenvalue weighted by molar-refractivity contribution is 0.331. The molecule has 3 rings (SSSR count). The van der Waals surface area contributed by atoms with Gasteiger partial charge in [0.15, 0.2) is 5.96 Å². The Bertz CT molecular complexity index is 681. The van der Waals surface area contributed by atoms with E-state index in [0.29, 0.717) is 0 Å². The number of nitrogens with one attached hydrogen (secondary N) is 2. The number of pyridine rings is 1. The summed E-state index contributed by atoms with van der Waals surface area (Å²) in [6, 6.07) is 14.9. The molecule has 146 valence electrons. The van der Waals surface area contributed by atoms with Gasteiger partial charge in [-0.25, -0.2) is 0 Å². The second-order valence-corrected chi connectivity index (χ2v) is 6.72. The number of benzene rings is 1. The van der Waals surface area contributed by atoms with Crippen molar-refractivity contribution in [2.24, 2.45) is 4.99 Å². The van der Waals surface area contributed by atoms with E-state index in [2.05, 4.69) is 49.8 Å². The maximum atomic E-state index is 4.34. The van der Waals surface area contributed by atoms with Crippen molar-refractivity contribution in [2.45, 2.75) is 32.4 Å². The summed E-state index contributed by atoms with van der Waals surface area (Å²) in [6.07, 6.45) is 5.39. The van der Waals surface area contributed by atoms with E-state index < -0.39 is 0 Å². The molecule has 5 nitrogen and oxygen atoms in total. The maximum absolute atomic E-state index is 4.34. The first kappa shape index (κ1) is 21.6. The van der Waals surface area contributed by atoms with Crippen LogP contribution in [-0.2, 0) is 19.5 Å². The van der Waals surface area contributed by atoms with Crippen molar-refractivity contribution in [3.63, 3.8) is 0 Å². The Morgan fingerprint density at radius 2 is 1.78 bits per heavy atom. The van der Waals surface area contributed by atoms with Gasteiger partial charge in [0.25, 0.3) is 0 Å². The maximum Gasteiger partial charge on any atom is 0.191 e. The highest BCUT2D eigenvalue weighted by Gasteiger charge is 2.11. The smallest absolute Gasteiger partial charge is 0.191 e. The van der Waals surface area contributed by atoms with Crippen LogP contribution in [0.2, 0.25) is 0 Å². The molecule has 1 fully saturated rings. The summed E-state index contributed by atoms with van der Waals surface area (Å²) < 4.78 is 0. The lowest BCUT2D eigenvalue weighted by Crippen LogP contribution is -2.37. The molecular weight excluding hydrogens is 449 g/mol. The highest BCUT2D eigenvalue weighted by molar-refractivity contribution is 14.0. The van der Waals surface area contributed by atoms with E-state index >= 15 is 0 Å². The van der Waals surface area contributed by atoms with Gasteiger partial charge >= 0.3 is 0 Å². The number of likely N-dealkylation sites (tertiary alicyclic amines) is 1. The van der Waals surface area contributed by atoms with Crippen molar-refractivity contribution < 1.29 is 0 Å². The Morgan fingerprint density at radius 1 is 1.04 bits per heavy atom. The lowest BCUT2D eigenvalue weighted by Gasteiger charge is -2.15. The van der Waals surface area contributed by atoms with E-state index in [4.69, 9.17) is 0 Å². The minimum atomic E-state index is 0. The molecule has 1 aromatic carbocycles. The van der Waals surface area contributed by atoms with Gasteiger partial charge in [-0.2, -0.15) is 0 Å². The molecule has 0 bridgehead atoms. The van der Waals surface area contributed by atoms with Crippen LogP contribution in [0.4, 0.5) is 0 Å². The Labute approximate surface area is 179 Å². The van der Waals surface area contributed by atoms with Crippen LogP contribution in [0.25, 0.3) is 0 Å². The molecule has 1 aliphatic heterocycles. The number of aliphatic imine (C=N–C) groups is 1. The van der Waals surface area contributed by atoms with E-state index in [0.717, 1.165) is 37.7 Å². The molecule has 0 aliphatic carbocycles. The van der Waals surface area contributed by atoms with E-state index in [1.165, 1.54) is 37.1 Å². The molecule has 2 heterocycles. The zero-order valence-corrected chi connectivity index (χ0v) is 18.4. The van der Waals surface area contributed by atoms with E-state index in [-0.39, 0.29) is 24.0 Å². The average Bonchev–Trinajstić information content (AvgIpc) is 3.19. The van der Waals surface area contributed by atoms with Crippen molar-refractivity contribution >= 4 is 29.9 Å². The third-order valence-electron chi connectivity index (χ3n) is 4.71. The summed E-state index contributed by atoms with van der Waals surface area (Å²) in [7, 11) is 1.80. The van der Waals surface area contributed by atoms with Crippen molar-refractivity contribution in [1.29, 1.82) is 0 Å².